The van der Waals surface area contributed by atoms with Crippen LogP contribution in [0.5, 0.6) is 0 Å². The summed E-state index contributed by atoms with van der Waals surface area (Å²) in [7, 11) is 0. The Hall–Kier alpha value is -2.21. The summed E-state index contributed by atoms with van der Waals surface area (Å²) < 4.78 is 0. The lowest BCUT2D eigenvalue weighted by Crippen LogP contribution is -2.46. The van der Waals surface area contributed by atoms with Crippen molar-refractivity contribution in [1.29, 1.82) is 0 Å². The van der Waals surface area contributed by atoms with Gasteiger partial charge in [0.1, 0.15) is 6.04 Å². The van der Waals surface area contributed by atoms with Gasteiger partial charge in [-0.3, -0.25) is 9.59 Å². The third kappa shape index (κ3) is 5.63. The second kappa shape index (κ2) is 7.80. The fraction of sp³-hybridized carbons (Fsp3) is 0.476. The van der Waals surface area contributed by atoms with Crippen molar-refractivity contribution in [2.24, 2.45) is 5.41 Å². The maximum absolute atomic E-state index is 12.3. The van der Waals surface area contributed by atoms with Crippen LogP contribution in [0.15, 0.2) is 29.6 Å². The van der Waals surface area contributed by atoms with Crippen LogP contribution in [0.1, 0.15) is 54.0 Å². The molecule has 1 atom stereocenters. The van der Waals surface area contributed by atoms with Gasteiger partial charge >= 0.3 is 0 Å². The molecule has 2 aromatic rings. The summed E-state index contributed by atoms with van der Waals surface area (Å²) in [5, 5.41) is 7.94. The summed E-state index contributed by atoms with van der Waals surface area (Å²) in [5.74, 6) is -0.444. The van der Waals surface area contributed by atoms with E-state index in [4.69, 9.17) is 0 Å². The molecule has 1 heterocycles. The van der Waals surface area contributed by atoms with Gasteiger partial charge in [0.2, 0.25) is 11.8 Å². The minimum Gasteiger partial charge on any atom is -0.344 e. The van der Waals surface area contributed by atoms with Crippen molar-refractivity contribution in [2.45, 2.75) is 59.9 Å². The molecule has 0 radical (unpaired) electrons. The van der Waals surface area contributed by atoms with E-state index in [1.165, 1.54) is 16.9 Å². The maximum Gasteiger partial charge on any atom is 0.248 e. The Kier molecular flexibility index (Phi) is 6.10. The molecule has 2 amide bonds. The molecule has 0 saturated heterocycles. The van der Waals surface area contributed by atoms with E-state index in [-0.39, 0.29) is 17.2 Å². The summed E-state index contributed by atoms with van der Waals surface area (Å²) in [6.45, 7) is 13.6. The lowest BCUT2D eigenvalue weighted by molar-refractivity contribution is -0.131. The Morgan fingerprint density at radius 2 is 1.63 bits per heavy atom. The molecule has 27 heavy (non-hydrogen) atoms. The minimum atomic E-state index is -0.629. The van der Waals surface area contributed by atoms with Gasteiger partial charge in [0, 0.05) is 16.4 Å². The Bertz CT molecular complexity index is 811. The summed E-state index contributed by atoms with van der Waals surface area (Å²) in [4.78, 5) is 28.8. The number of amides is 2. The number of nitrogens with zero attached hydrogens (tertiary/aromatic N) is 1. The van der Waals surface area contributed by atoms with Crippen LogP contribution in [0.3, 0.4) is 0 Å². The van der Waals surface area contributed by atoms with Crippen molar-refractivity contribution >= 4 is 28.3 Å². The second-order valence-corrected chi connectivity index (χ2v) is 9.66. The number of hydrogen-bond donors (Lipinski definition) is 2. The molecule has 0 bridgehead atoms. The van der Waals surface area contributed by atoms with Gasteiger partial charge in [-0.15, -0.1) is 11.3 Å². The number of carbonyl (C=O) groups is 2. The highest BCUT2D eigenvalue weighted by molar-refractivity contribution is 7.14. The number of aromatic nitrogens is 1. The molecule has 1 aromatic heterocycles. The van der Waals surface area contributed by atoms with Gasteiger partial charge in [0.25, 0.3) is 0 Å². The Balaban J connectivity index is 2.03. The van der Waals surface area contributed by atoms with Gasteiger partial charge < -0.3 is 10.6 Å². The molecule has 0 aliphatic heterocycles. The van der Waals surface area contributed by atoms with Gasteiger partial charge in [-0.05, 0) is 17.9 Å². The number of rotatable bonds is 4. The zero-order valence-electron chi connectivity index (χ0n) is 17.1. The molecule has 0 saturated carbocycles. The predicted octanol–water partition coefficient (Wildman–Crippen LogP) is 4.60. The highest BCUT2D eigenvalue weighted by Crippen LogP contribution is 2.28. The van der Waals surface area contributed by atoms with E-state index in [2.05, 4.69) is 48.5 Å². The molecule has 2 rings (SSSR count). The molecule has 1 aromatic carbocycles. The van der Waals surface area contributed by atoms with E-state index >= 15 is 0 Å². The van der Waals surface area contributed by atoms with Crippen LogP contribution >= 0.6 is 11.3 Å². The van der Waals surface area contributed by atoms with E-state index in [9.17, 15) is 9.59 Å². The van der Waals surface area contributed by atoms with Crippen LogP contribution < -0.4 is 10.6 Å². The molecule has 5 nitrogen and oxygen atoms in total. The van der Waals surface area contributed by atoms with Crippen LogP contribution in [0.4, 0.5) is 5.13 Å². The van der Waals surface area contributed by atoms with Gasteiger partial charge in [-0.1, -0.05) is 65.8 Å². The molecule has 0 spiro atoms. The lowest BCUT2D eigenvalue weighted by Gasteiger charge is -2.21. The van der Waals surface area contributed by atoms with Crippen molar-refractivity contribution in [3.63, 3.8) is 0 Å². The number of benzene rings is 1. The average Bonchev–Trinajstić information content (AvgIpc) is 3.01. The SMILES string of the molecule is CC(NC(=O)C(C)(C)C)C(=O)Nc1nc(-c2ccc(C(C)(C)C)cc2)cs1. The quantitative estimate of drug-likeness (QED) is 0.805. The fourth-order valence-electron chi connectivity index (χ4n) is 2.30. The molecule has 0 aliphatic rings. The average molecular weight is 388 g/mol. The zero-order chi connectivity index (χ0) is 20.4. The Morgan fingerprint density at radius 3 is 2.15 bits per heavy atom. The highest BCUT2D eigenvalue weighted by atomic mass is 32.1. The summed E-state index contributed by atoms with van der Waals surface area (Å²) >= 11 is 1.37. The molecule has 146 valence electrons. The van der Waals surface area contributed by atoms with Gasteiger partial charge in [-0.2, -0.15) is 0 Å². The molecular formula is C21H29N3O2S. The zero-order valence-corrected chi connectivity index (χ0v) is 18.0. The van der Waals surface area contributed by atoms with E-state index < -0.39 is 11.5 Å². The van der Waals surface area contributed by atoms with Crippen molar-refractivity contribution in [2.75, 3.05) is 5.32 Å². The standard InChI is InChI=1S/C21H29N3O2S/c1-13(22-18(26)21(5,6)7)17(25)24-19-23-16(12-27-19)14-8-10-15(11-9-14)20(2,3)4/h8-13H,1-7H3,(H,22,26)(H,23,24,25). The van der Waals surface area contributed by atoms with Gasteiger partial charge in [0.05, 0.1) is 5.69 Å². The molecule has 0 aliphatic carbocycles. The van der Waals surface area contributed by atoms with E-state index in [0.717, 1.165) is 11.3 Å². The second-order valence-electron chi connectivity index (χ2n) is 8.80. The number of hydrogen-bond acceptors (Lipinski definition) is 4. The first-order chi connectivity index (χ1) is 12.4. The first-order valence-corrected chi connectivity index (χ1v) is 9.94. The summed E-state index contributed by atoms with van der Waals surface area (Å²) in [6, 6.07) is 7.68. The van der Waals surface area contributed by atoms with Gasteiger partial charge in [-0.25, -0.2) is 4.98 Å². The molecule has 0 fully saturated rings. The van der Waals surface area contributed by atoms with Crippen LogP contribution in [0.25, 0.3) is 11.3 Å². The first kappa shape index (κ1) is 21.1. The minimum absolute atomic E-state index is 0.105. The maximum atomic E-state index is 12.3. The van der Waals surface area contributed by atoms with Gasteiger partial charge in [0.15, 0.2) is 5.13 Å². The van der Waals surface area contributed by atoms with E-state index in [1.807, 2.05) is 38.3 Å². The smallest absolute Gasteiger partial charge is 0.248 e. The number of thiazole rings is 1. The van der Waals surface area contributed by atoms with Crippen molar-refractivity contribution in [3.8, 4) is 11.3 Å². The lowest BCUT2D eigenvalue weighted by atomic mass is 9.86. The molecular weight excluding hydrogens is 358 g/mol. The van der Waals surface area contributed by atoms with Crippen LogP contribution in [0.2, 0.25) is 0 Å². The van der Waals surface area contributed by atoms with Crippen molar-refractivity contribution in [1.82, 2.24) is 10.3 Å². The number of anilines is 1. The van der Waals surface area contributed by atoms with E-state index in [0.29, 0.717) is 5.13 Å². The summed E-state index contributed by atoms with van der Waals surface area (Å²) in [5.41, 5.74) is 2.66. The third-order valence-corrected chi connectivity index (χ3v) is 4.96. The topological polar surface area (TPSA) is 71.1 Å². The summed E-state index contributed by atoms with van der Waals surface area (Å²) in [6.07, 6.45) is 0. The van der Waals surface area contributed by atoms with Crippen molar-refractivity contribution < 1.29 is 9.59 Å². The first-order valence-electron chi connectivity index (χ1n) is 9.06. The van der Waals surface area contributed by atoms with Crippen LogP contribution in [-0.4, -0.2) is 22.8 Å². The Labute approximate surface area is 165 Å². The number of carbonyl (C=O) groups excluding carboxylic acids is 2. The Morgan fingerprint density at radius 1 is 1.04 bits per heavy atom. The largest absolute Gasteiger partial charge is 0.344 e. The van der Waals surface area contributed by atoms with Crippen molar-refractivity contribution in [3.05, 3.63) is 35.2 Å². The number of nitrogens with one attached hydrogen (secondary N) is 2. The fourth-order valence-corrected chi connectivity index (χ4v) is 3.02. The van der Waals surface area contributed by atoms with E-state index in [1.54, 1.807) is 6.92 Å². The third-order valence-electron chi connectivity index (χ3n) is 4.20. The normalized spacial score (nSPS) is 13.1. The highest BCUT2D eigenvalue weighted by Gasteiger charge is 2.25. The molecule has 6 heteroatoms. The predicted molar refractivity (Wildman–Crippen MR) is 112 cm³/mol. The van der Waals surface area contributed by atoms with Crippen LogP contribution in [-0.2, 0) is 15.0 Å². The van der Waals surface area contributed by atoms with Crippen LogP contribution in [0, 0.1) is 5.41 Å². The monoisotopic (exact) mass is 387 g/mol. The molecule has 2 N–H and O–H groups in total. The molecule has 1 unspecified atom stereocenters.